The van der Waals surface area contributed by atoms with Gasteiger partial charge in [0.25, 0.3) is 11.5 Å². The number of fused-ring (bicyclic) bond motifs is 1. The third-order valence-electron chi connectivity index (χ3n) is 5.17. The summed E-state index contributed by atoms with van der Waals surface area (Å²) in [5.74, 6) is 0.346. The van der Waals surface area contributed by atoms with E-state index in [1.807, 2.05) is 0 Å². The van der Waals surface area contributed by atoms with Crippen LogP contribution in [0.5, 0.6) is 0 Å². The zero-order chi connectivity index (χ0) is 25.9. The fraction of sp³-hybridized carbons (Fsp3) is 0.318. The molecule has 3 aromatic rings. The van der Waals surface area contributed by atoms with E-state index >= 15 is 0 Å². The first-order valence-electron chi connectivity index (χ1n) is 10.8. The molecule has 3 heterocycles. The lowest BCUT2D eigenvalue weighted by atomic mass is 10.1. The van der Waals surface area contributed by atoms with Gasteiger partial charge in [-0.15, -0.1) is 0 Å². The number of aromatic amines is 1. The lowest BCUT2D eigenvalue weighted by molar-refractivity contribution is 0.114. The second kappa shape index (κ2) is 10.6. The summed E-state index contributed by atoms with van der Waals surface area (Å²) in [5.41, 5.74) is 6.53. The Morgan fingerprint density at radius 3 is 2.75 bits per heavy atom. The van der Waals surface area contributed by atoms with Crippen LogP contribution >= 0.6 is 7.60 Å². The van der Waals surface area contributed by atoms with Crippen molar-refractivity contribution in [2.24, 2.45) is 0 Å². The van der Waals surface area contributed by atoms with Crippen LogP contribution in [0.25, 0.3) is 11.2 Å². The number of nitrogens with zero attached hydrogens (tertiary/aromatic N) is 3. The summed E-state index contributed by atoms with van der Waals surface area (Å²) in [6, 6.07) is 4.57. The predicted octanol–water partition coefficient (Wildman–Crippen LogP) is 3.30. The van der Waals surface area contributed by atoms with Crippen LogP contribution in [-0.2, 0) is 41.0 Å². The van der Waals surface area contributed by atoms with E-state index in [0.717, 1.165) is 0 Å². The Bertz CT molecular complexity index is 1430. The number of H-pyrrole nitrogens is 1. The Morgan fingerprint density at radius 1 is 1.25 bits per heavy atom. The van der Waals surface area contributed by atoms with Crippen molar-refractivity contribution in [2.75, 3.05) is 25.3 Å². The maximum absolute atomic E-state index is 13.9. The molecule has 1 aliphatic rings. The molecule has 1 unspecified atom stereocenters. The van der Waals surface area contributed by atoms with Gasteiger partial charge in [0.05, 0.1) is 19.5 Å². The molecule has 0 radical (unpaired) electrons. The van der Waals surface area contributed by atoms with E-state index in [9.17, 15) is 13.8 Å². The molecular formula is C22H25FN5O7P. The number of nitrogens with one attached hydrogen (secondary N) is 1. The molecule has 0 aliphatic carbocycles. The fourth-order valence-electron chi connectivity index (χ4n) is 3.23. The predicted molar refractivity (Wildman–Crippen MR) is 127 cm³/mol. The maximum atomic E-state index is 13.9. The molecule has 0 spiro atoms. The van der Waals surface area contributed by atoms with Crippen molar-refractivity contribution in [3.63, 3.8) is 0 Å². The highest BCUT2D eigenvalue weighted by Crippen LogP contribution is 2.49. The molecule has 4 rings (SSSR count). The molecule has 3 N–H and O–H groups in total. The Hall–Kier alpha value is -3.51. The largest absolute Gasteiger partial charge is 0.428 e. The fourth-order valence-corrected chi connectivity index (χ4v) is 4.47. The van der Waals surface area contributed by atoms with Gasteiger partial charge in [0.2, 0.25) is 5.95 Å². The molecule has 0 bridgehead atoms. The summed E-state index contributed by atoms with van der Waals surface area (Å²) in [5, 5.41) is 0. The minimum atomic E-state index is -3.84. The van der Waals surface area contributed by atoms with Gasteiger partial charge >= 0.3 is 7.60 Å². The number of nitrogens with two attached hydrogens (primary N) is 1. The lowest BCUT2D eigenvalue weighted by Crippen LogP contribution is -2.13. The van der Waals surface area contributed by atoms with Gasteiger partial charge in [-0.1, -0.05) is 12.1 Å². The van der Waals surface area contributed by atoms with Gasteiger partial charge in [0.15, 0.2) is 16.9 Å². The second-order valence-electron chi connectivity index (χ2n) is 7.90. The number of aryl methyl sites for hydroxylation is 1. The third kappa shape index (κ3) is 6.00. The summed E-state index contributed by atoms with van der Waals surface area (Å²) in [6.45, 7) is 6.76. The number of hydrogen-bond donors (Lipinski definition) is 2. The standard InChI is InChI=1S/C22H25FN5O7P/c1-13-4-5-16(8-17(13)23)9-32-36(30,33-10-18-14(2)34-15(3)35-18)12-31-7-6-28-11-25-19-20(28)26-22(24)27-21(19)29/h4-5,8,11H,3,6-7,9-10,12H2,1-2H3,(H3,24,26,27,29). The van der Waals surface area contributed by atoms with Crippen LogP contribution in [0.4, 0.5) is 10.3 Å². The first kappa shape index (κ1) is 25.6. The van der Waals surface area contributed by atoms with E-state index in [4.69, 9.17) is 29.0 Å². The van der Waals surface area contributed by atoms with Crippen molar-refractivity contribution in [2.45, 2.75) is 27.0 Å². The number of halogens is 1. The molecule has 1 atom stereocenters. The van der Waals surface area contributed by atoms with Crippen molar-refractivity contribution in [1.29, 1.82) is 0 Å². The molecule has 36 heavy (non-hydrogen) atoms. The van der Waals surface area contributed by atoms with Gasteiger partial charge in [-0.3, -0.25) is 18.9 Å². The number of ether oxygens (including phenoxy) is 3. The van der Waals surface area contributed by atoms with Crippen molar-refractivity contribution >= 4 is 24.7 Å². The van der Waals surface area contributed by atoms with Crippen LogP contribution in [0.15, 0.2) is 53.4 Å². The normalized spacial score (nSPS) is 15.2. The van der Waals surface area contributed by atoms with Gasteiger partial charge in [-0.05, 0) is 37.6 Å². The average Bonchev–Trinajstić information content (AvgIpc) is 3.38. The second-order valence-corrected chi connectivity index (χ2v) is 9.89. The Balaban J connectivity index is 1.40. The van der Waals surface area contributed by atoms with Gasteiger partial charge in [-0.25, -0.2) is 9.37 Å². The molecule has 2 aromatic heterocycles. The summed E-state index contributed by atoms with van der Waals surface area (Å²) >= 11 is 0. The topological polar surface area (TPSA) is 153 Å². The van der Waals surface area contributed by atoms with Crippen LogP contribution in [0.3, 0.4) is 0 Å². The minimum Gasteiger partial charge on any atom is -0.428 e. The number of nitrogen functional groups attached to an aromatic ring is 1. The highest BCUT2D eigenvalue weighted by atomic mass is 31.2. The summed E-state index contributed by atoms with van der Waals surface area (Å²) in [4.78, 5) is 22.4. The molecule has 192 valence electrons. The molecule has 14 heteroatoms. The number of aromatic nitrogens is 4. The number of allylic oxidation sites excluding steroid dienone is 1. The van der Waals surface area contributed by atoms with Crippen molar-refractivity contribution < 1.29 is 32.2 Å². The number of rotatable bonds is 11. The van der Waals surface area contributed by atoms with Crippen molar-refractivity contribution in [3.05, 3.63) is 75.9 Å². The molecular weight excluding hydrogens is 496 g/mol. The Morgan fingerprint density at radius 2 is 2.03 bits per heavy atom. The van der Waals surface area contributed by atoms with Gasteiger partial charge in [0.1, 0.15) is 24.5 Å². The lowest BCUT2D eigenvalue weighted by Gasteiger charge is -2.19. The van der Waals surface area contributed by atoms with Gasteiger partial charge in [0, 0.05) is 6.54 Å². The highest BCUT2D eigenvalue weighted by Gasteiger charge is 2.29. The molecule has 0 saturated heterocycles. The van der Waals surface area contributed by atoms with Crippen molar-refractivity contribution in [1.82, 2.24) is 19.5 Å². The first-order chi connectivity index (χ1) is 17.1. The van der Waals surface area contributed by atoms with E-state index in [0.29, 0.717) is 22.6 Å². The van der Waals surface area contributed by atoms with Crippen LogP contribution < -0.4 is 11.3 Å². The van der Waals surface area contributed by atoms with Gasteiger partial charge in [-0.2, -0.15) is 4.98 Å². The molecule has 0 fully saturated rings. The molecule has 1 aromatic carbocycles. The molecule has 0 amide bonds. The molecule has 0 saturated carbocycles. The quantitative estimate of drug-likeness (QED) is 0.284. The van der Waals surface area contributed by atoms with E-state index in [-0.39, 0.29) is 49.4 Å². The van der Waals surface area contributed by atoms with Gasteiger partial charge < -0.3 is 29.0 Å². The first-order valence-corrected chi connectivity index (χ1v) is 12.5. The average molecular weight is 521 g/mol. The Labute approximate surface area is 205 Å². The highest BCUT2D eigenvalue weighted by molar-refractivity contribution is 7.53. The molecule has 1 aliphatic heterocycles. The zero-order valence-corrected chi connectivity index (χ0v) is 20.5. The van der Waals surface area contributed by atoms with Crippen LogP contribution in [0, 0.1) is 12.7 Å². The Kier molecular flexibility index (Phi) is 7.55. The third-order valence-corrected chi connectivity index (χ3v) is 6.72. The number of benzene rings is 1. The smallest absolute Gasteiger partial charge is 0.356 e. The van der Waals surface area contributed by atoms with Crippen LogP contribution in [0.1, 0.15) is 18.1 Å². The zero-order valence-electron chi connectivity index (χ0n) is 19.7. The SMILES string of the molecule is C=C1OC(C)=C(COP(=O)(COCCn2cnc3c(=O)[nH]c(N)nc32)OCc2ccc(C)c(F)c2)O1. The minimum absolute atomic E-state index is 0.0422. The van der Waals surface area contributed by atoms with Crippen LogP contribution in [0.2, 0.25) is 0 Å². The van der Waals surface area contributed by atoms with E-state index < -0.39 is 25.3 Å². The molecule has 12 nitrogen and oxygen atoms in total. The summed E-state index contributed by atoms with van der Waals surface area (Å²) < 4.78 is 56.2. The summed E-state index contributed by atoms with van der Waals surface area (Å²) in [6.07, 6.45) is 1.02. The van der Waals surface area contributed by atoms with E-state index in [1.165, 1.54) is 12.4 Å². The van der Waals surface area contributed by atoms with E-state index in [1.54, 1.807) is 30.5 Å². The maximum Gasteiger partial charge on any atom is 0.356 e. The monoisotopic (exact) mass is 521 g/mol. The summed E-state index contributed by atoms with van der Waals surface area (Å²) in [7, 11) is -3.84. The van der Waals surface area contributed by atoms with Crippen molar-refractivity contribution in [3.8, 4) is 0 Å². The van der Waals surface area contributed by atoms with Crippen LogP contribution in [-0.4, -0.2) is 39.1 Å². The van der Waals surface area contributed by atoms with E-state index in [2.05, 4.69) is 21.5 Å². The number of hydrogen-bond acceptors (Lipinski definition) is 10. The number of imidazole rings is 1. The number of anilines is 1.